The summed E-state index contributed by atoms with van der Waals surface area (Å²) in [5, 5.41) is 0. The van der Waals surface area contributed by atoms with Gasteiger partial charge in [0.05, 0.1) is 0 Å². The third-order valence-electron chi connectivity index (χ3n) is 14.6. The number of rotatable bonds is 19. The van der Waals surface area contributed by atoms with Crippen molar-refractivity contribution in [2.75, 3.05) is 0 Å². The van der Waals surface area contributed by atoms with Gasteiger partial charge in [-0.2, -0.15) is 0 Å². The minimum Gasteiger partial charge on any atom is -0.462 e. The molecular weight excluding hydrogens is 585 g/mol. The van der Waals surface area contributed by atoms with E-state index in [4.69, 9.17) is 4.74 Å². The van der Waals surface area contributed by atoms with Gasteiger partial charge in [-0.3, -0.25) is 4.79 Å². The molecule has 3 saturated carbocycles. The third-order valence-corrected chi connectivity index (χ3v) is 14.6. The Kier molecular flexibility index (Phi) is 15.7. The molecule has 2 nitrogen and oxygen atoms in total. The zero-order valence-electron chi connectivity index (χ0n) is 32.6. The van der Waals surface area contributed by atoms with E-state index < -0.39 is 0 Å². The van der Waals surface area contributed by atoms with Crippen LogP contribution < -0.4 is 0 Å². The normalized spacial score (nSPS) is 32.2. The van der Waals surface area contributed by atoms with Gasteiger partial charge in [0, 0.05) is 25.7 Å². The topological polar surface area (TPSA) is 26.3 Å². The highest BCUT2D eigenvalue weighted by molar-refractivity contribution is 5.69. The Labute approximate surface area is 298 Å². The van der Waals surface area contributed by atoms with Crippen LogP contribution in [0.15, 0.2) is 24.3 Å². The molecule has 0 radical (unpaired) electrons. The second kappa shape index (κ2) is 19.2. The van der Waals surface area contributed by atoms with E-state index in [1.165, 1.54) is 96.3 Å². The number of allylic oxidation sites excluding steroid dienone is 2. The molecule has 48 heavy (non-hydrogen) atoms. The van der Waals surface area contributed by atoms with Crippen LogP contribution in [0, 0.1) is 64.1 Å². The molecule has 0 amide bonds. The van der Waals surface area contributed by atoms with E-state index in [1.54, 1.807) is 5.57 Å². The van der Waals surface area contributed by atoms with Gasteiger partial charge in [-0.1, -0.05) is 111 Å². The molecule has 0 aromatic rings. The van der Waals surface area contributed by atoms with Crippen LogP contribution in [0.5, 0.6) is 0 Å². The van der Waals surface area contributed by atoms with Crippen molar-refractivity contribution in [2.24, 2.45) is 52.3 Å². The van der Waals surface area contributed by atoms with Crippen LogP contribution >= 0.6 is 0 Å². The minimum absolute atomic E-state index is 0.0466. The summed E-state index contributed by atoms with van der Waals surface area (Å²) in [5.74, 6) is 12.6. The van der Waals surface area contributed by atoms with Gasteiger partial charge in [-0.15, -0.1) is 18.4 Å². The number of ether oxygens (including phenoxy) is 1. The fraction of sp³-hybridized carbons (Fsp3) is 0.848. The van der Waals surface area contributed by atoms with Crippen molar-refractivity contribution in [1.82, 2.24) is 0 Å². The van der Waals surface area contributed by atoms with Crippen molar-refractivity contribution in [3.63, 3.8) is 0 Å². The first kappa shape index (κ1) is 39.3. The molecule has 0 heterocycles. The van der Waals surface area contributed by atoms with Crippen molar-refractivity contribution in [1.29, 1.82) is 0 Å². The average molecular weight is 661 g/mol. The number of fused-ring (bicyclic) bond motifs is 5. The highest BCUT2D eigenvalue weighted by atomic mass is 16.5. The smallest absolute Gasteiger partial charge is 0.306 e. The quantitative estimate of drug-likeness (QED) is 0.0596. The number of unbranched alkanes of at least 4 members (excludes halogenated alkanes) is 9. The van der Waals surface area contributed by atoms with Crippen molar-refractivity contribution < 1.29 is 9.53 Å². The lowest BCUT2D eigenvalue weighted by Crippen LogP contribution is -2.51. The molecule has 9 atom stereocenters. The molecule has 0 N–H and O–H groups in total. The van der Waals surface area contributed by atoms with E-state index in [9.17, 15) is 4.79 Å². The first-order chi connectivity index (χ1) is 23.1. The maximum atomic E-state index is 12.8. The van der Waals surface area contributed by atoms with Crippen LogP contribution in [0.4, 0.5) is 0 Å². The van der Waals surface area contributed by atoms with Crippen molar-refractivity contribution in [3.05, 3.63) is 24.3 Å². The second-order valence-electron chi connectivity index (χ2n) is 17.8. The van der Waals surface area contributed by atoms with Crippen molar-refractivity contribution in [3.8, 4) is 11.8 Å². The molecule has 2 heteroatoms. The van der Waals surface area contributed by atoms with Gasteiger partial charge in [0.15, 0.2) is 0 Å². The summed E-state index contributed by atoms with van der Waals surface area (Å²) in [5.41, 5.74) is 2.49. The van der Waals surface area contributed by atoms with Crippen LogP contribution in [0.1, 0.15) is 189 Å². The Morgan fingerprint density at radius 2 is 1.62 bits per heavy atom. The van der Waals surface area contributed by atoms with Crippen molar-refractivity contribution >= 4 is 5.97 Å². The van der Waals surface area contributed by atoms with Gasteiger partial charge in [-0.25, -0.2) is 0 Å². The maximum absolute atomic E-state index is 12.8. The van der Waals surface area contributed by atoms with Crippen molar-refractivity contribution in [2.45, 2.75) is 195 Å². The van der Waals surface area contributed by atoms with Crippen LogP contribution in [0.3, 0.4) is 0 Å². The zero-order chi connectivity index (χ0) is 34.6. The van der Waals surface area contributed by atoms with Gasteiger partial charge in [-0.05, 0) is 123 Å². The molecule has 0 aliphatic heterocycles. The fourth-order valence-electron chi connectivity index (χ4n) is 11.5. The maximum Gasteiger partial charge on any atom is 0.306 e. The summed E-state index contributed by atoms with van der Waals surface area (Å²) >= 11 is 0. The number of hydrogen-bond donors (Lipinski definition) is 0. The Balaban J connectivity index is 1.15. The summed E-state index contributed by atoms with van der Waals surface area (Å²) in [6.07, 6.45) is 32.5. The summed E-state index contributed by atoms with van der Waals surface area (Å²) < 4.78 is 6.13. The summed E-state index contributed by atoms with van der Waals surface area (Å²) in [6.45, 7) is 18.9. The first-order valence-corrected chi connectivity index (χ1v) is 21.1. The zero-order valence-corrected chi connectivity index (χ0v) is 32.6. The highest BCUT2D eigenvalue weighted by Gasteiger charge is 2.59. The van der Waals surface area contributed by atoms with E-state index in [2.05, 4.69) is 66.0 Å². The van der Waals surface area contributed by atoms with Crippen LogP contribution in [-0.4, -0.2) is 12.1 Å². The lowest BCUT2D eigenvalue weighted by Gasteiger charge is -2.58. The predicted molar refractivity (Wildman–Crippen MR) is 205 cm³/mol. The molecule has 0 saturated heterocycles. The summed E-state index contributed by atoms with van der Waals surface area (Å²) in [7, 11) is 0. The molecule has 0 spiro atoms. The van der Waals surface area contributed by atoms with E-state index in [1.807, 2.05) is 6.08 Å². The van der Waals surface area contributed by atoms with E-state index in [-0.39, 0.29) is 12.1 Å². The molecule has 0 bridgehead atoms. The van der Waals surface area contributed by atoms with Gasteiger partial charge >= 0.3 is 5.97 Å². The van der Waals surface area contributed by atoms with Gasteiger partial charge in [0.25, 0.3) is 0 Å². The van der Waals surface area contributed by atoms with Crippen LogP contribution in [0.25, 0.3) is 0 Å². The lowest BCUT2D eigenvalue weighted by atomic mass is 9.47. The van der Waals surface area contributed by atoms with Crippen LogP contribution in [0.2, 0.25) is 0 Å². The lowest BCUT2D eigenvalue weighted by molar-refractivity contribution is -0.151. The molecular formula is C46H76O2. The SMILES string of the molecule is C=CCCC#CCCCCCCCCCCC(=O)O[C@H]1CC[C@@]2(C)C(=CC[C@H]3[C@@H]4CC[C@H]([C@H](C)CC[C@@H](CC)C(C)C)[C@@]4(C)CC[C@@H]32)C1. The Bertz CT molecular complexity index is 1090. The predicted octanol–water partition coefficient (Wildman–Crippen LogP) is 13.4. The third kappa shape index (κ3) is 10.1. The monoisotopic (exact) mass is 661 g/mol. The molecule has 3 fully saturated rings. The Hall–Kier alpha value is -1.49. The van der Waals surface area contributed by atoms with Gasteiger partial charge in [0.1, 0.15) is 6.10 Å². The standard InChI is InChI=1S/C46H76O2/c1-8-10-11-12-13-14-15-16-17-18-19-20-21-22-23-44(47)48-39-30-32-45(6)38(34-39)26-27-40-42-29-28-41(46(42,7)33-31-43(40)45)36(5)24-25-37(9-2)35(3)4/h8,26,35-37,39-43H,1,9-11,14-25,27-34H2,2-7H3/t36-,37-,39+,40+,41-,42+,43+,45+,46-/m1/s1. The molecule has 4 rings (SSSR count). The van der Waals surface area contributed by atoms with E-state index >= 15 is 0 Å². The molecule has 4 aliphatic carbocycles. The Morgan fingerprint density at radius 1 is 0.917 bits per heavy atom. The van der Waals surface area contributed by atoms with E-state index in [0.29, 0.717) is 17.3 Å². The average Bonchev–Trinajstić information content (AvgIpc) is 3.42. The molecule has 0 unspecified atom stereocenters. The number of esters is 1. The summed E-state index contributed by atoms with van der Waals surface area (Å²) in [4.78, 5) is 12.8. The fourth-order valence-corrected chi connectivity index (χ4v) is 11.5. The molecule has 0 aromatic heterocycles. The second-order valence-corrected chi connectivity index (χ2v) is 17.8. The molecule has 4 aliphatic rings. The number of carbonyl (C=O) groups is 1. The summed E-state index contributed by atoms with van der Waals surface area (Å²) in [6, 6.07) is 0. The highest BCUT2D eigenvalue weighted by Crippen LogP contribution is 2.67. The number of hydrogen-bond acceptors (Lipinski definition) is 2. The van der Waals surface area contributed by atoms with Gasteiger partial charge in [0.2, 0.25) is 0 Å². The Morgan fingerprint density at radius 3 is 2.33 bits per heavy atom. The number of carbonyl (C=O) groups excluding carboxylic acids is 1. The first-order valence-electron chi connectivity index (χ1n) is 21.1. The molecule has 272 valence electrons. The minimum atomic E-state index is 0.0466. The van der Waals surface area contributed by atoms with Crippen LogP contribution in [-0.2, 0) is 9.53 Å². The van der Waals surface area contributed by atoms with E-state index in [0.717, 1.165) is 86.4 Å². The molecule has 0 aromatic carbocycles. The van der Waals surface area contributed by atoms with Gasteiger partial charge < -0.3 is 4.74 Å². The largest absolute Gasteiger partial charge is 0.462 e.